The number of halogens is 1. The van der Waals surface area contributed by atoms with Crippen molar-refractivity contribution in [1.82, 2.24) is 0 Å². The van der Waals surface area contributed by atoms with E-state index in [9.17, 15) is 4.79 Å². The van der Waals surface area contributed by atoms with Crippen LogP contribution >= 0.6 is 22.6 Å². The number of carbonyl (C=O) groups excluding carboxylic acids is 1. The van der Waals surface area contributed by atoms with E-state index in [0.29, 0.717) is 17.9 Å². The highest BCUT2D eigenvalue weighted by Gasteiger charge is 2.12. The van der Waals surface area contributed by atoms with Gasteiger partial charge in [-0.25, -0.2) is 4.79 Å². The summed E-state index contributed by atoms with van der Waals surface area (Å²) in [6.07, 6.45) is 0. The number of nitrogens with two attached hydrogens (primary N) is 1. The van der Waals surface area contributed by atoms with Crippen LogP contribution in [0, 0.1) is 10.5 Å². The van der Waals surface area contributed by atoms with Crippen molar-refractivity contribution in [3.8, 4) is 0 Å². The molecule has 1 aromatic carbocycles. The lowest BCUT2D eigenvalue weighted by Gasteiger charge is -2.08. The molecule has 0 saturated heterocycles. The summed E-state index contributed by atoms with van der Waals surface area (Å²) < 4.78 is 5.88. The van der Waals surface area contributed by atoms with Gasteiger partial charge in [0.1, 0.15) is 0 Å². The van der Waals surface area contributed by atoms with Crippen LogP contribution in [-0.2, 0) is 4.74 Å². The van der Waals surface area contributed by atoms with Gasteiger partial charge in [-0.3, -0.25) is 0 Å². The first kappa shape index (κ1) is 11.3. The smallest absolute Gasteiger partial charge is 0.340 e. The van der Waals surface area contributed by atoms with Gasteiger partial charge in [0, 0.05) is 9.26 Å². The molecule has 0 radical (unpaired) electrons. The first-order valence-electron chi connectivity index (χ1n) is 4.29. The predicted octanol–water partition coefficient (Wildman–Crippen LogP) is 2.36. The van der Waals surface area contributed by atoms with Gasteiger partial charge in [-0.2, -0.15) is 0 Å². The van der Waals surface area contributed by atoms with Crippen molar-refractivity contribution in [2.24, 2.45) is 0 Å². The average Bonchev–Trinajstić information content (AvgIpc) is 2.11. The standard InChI is InChI=1S/C10H12INO2/c1-3-14-10(13)8-5-7(11)4-6(2)9(8)12/h4-5H,3,12H2,1-2H3. The zero-order valence-electron chi connectivity index (χ0n) is 8.13. The maximum Gasteiger partial charge on any atom is 0.340 e. The molecular weight excluding hydrogens is 293 g/mol. The number of hydrogen-bond donors (Lipinski definition) is 1. The van der Waals surface area contributed by atoms with Crippen LogP contribution < -0.4 is 5.73 Å². The first-order valence-corrected chi connectivity index (χ1v) is 5.37. The monoisotopic (exact) mass is 305 g/mol. The maximum atomic E-state index is 11.5. The van der Waals surface area contributed by atoms with Crippen molar-refractivity contribution in [3.63, 3.8) is 0 Å². The van der Waals surface area contributed by atoms with Gasteiger partial charge in [-0.15, -0.1) is 0 Å². The van der Waals surface area contributed by atoms with Crippen LogP contribution in [-0.4, -0.2) is 12.6 Å². The molecule has 0 saturated carbocycles. The fourth-order valence-electron chi connectivity index (χ4n) is 1.13. The van der Waals surface area contributed by atoms with E-state index in [1.807, 2.05) is 13.0 Å². The van der Waals surface area contributed by atoms with Gasteiger partial charge in [-0.1, -0.05) is 0 Å². The number of hydrogen-bond acceptors (Lipinski definition) is 3. The molecule has 0 aliphatic rings. The van der Waals surface area contributed by atoms with Gasteiger partial charge >= 0.3 is 5.97 Å². The fourth-order valence-corrected chi connectivity index (χ4v) is 1.91. The summed E-state index contributed by atoms with van der Waals surface area (Å²) >= 11 is 2.15. The molecule has 76 valence electrons. The normalized spacial score (nSPS) is 9.93. The second-order valence-corrected chi connectivity index (χ2v) is 4.15. The third-order valence-corrected chi connectivity index (χ3v) is 2.47. The van der Waals surface area contributed by atoms with Gasteiger partial charge < -0.3 is 10.5 Å². The molecule has 0 unspecified atom stereocenters. The van der Waals surface area contributed by atoms with Crippen molar-refractivity contribution in [2.75, 3.05) is 12.3 Å². The van der Waals surface area contributed by atoms with Crippen LogP contribution in [0.2, 0.25) is 0 Å². The Kier molecular flexibility index (Phi) is 3.74. The molecule has 0 amide bonds. The zero-order chi connectivity index (χ0) is 10.7. The SMILES string of the molecule is CCOC(=O)c1cc(I)cc(C)c1N. The van der Waals surface area contributed by atoms with Crippen molar-refractivity contribution in [2.45, 2.75) is 13.8 Å². The highest BCUT2D eigenvalue weighted by Crippen LogP contribution is 2.21. The molecule has 0 aliphatic heterocycles. The molecule has 0 heterocycles. The number of carbonyl (C=O) groups is 1. The molecule has 14 heavy (non-hydrogen) atoms. The second kappa shape index (κ2) is 4.63. The molecule has 0 spiro atoms. The first-order chi connectivity index (χ1) is 6.56. The molecule has 0 bridgehead atoms. The molecule has 2 N–H and O–H groups in total. The Bertz CT molecular complexity index is 363. The summed E-state index contributed by atoms with van der Waals surface area (Å²) in [5, 5.41) is 0. The molecule has 1 rings (SSSR count). The Balaban J connectivity index is 3.13. The summed E-state index contributed by atoms with van der Waals surface area (Å²) in [4.78, 5) is 11.5. The van der Waals surface area contributed by atoms with E-state index in [2.05, 4.69) is 22.6 Å². The minimum absolute atomic E-state index is 0.355. The number of ether oxygens (including phenoxy) is 1. The maximum absolute atomic E-state index is 11.5. The van der Waals surface area contributed by atoms with E-state index in [1.165, 1.54) is 0 Å². The third-order valence-electron chi connectivity index (χ3n) is 1.85. The summed E-state index contributed by atoms with van der Waals surface area (Å²) in [5.74, 6) is -0.355. The number of anilines is 1. The van der Waals surface area contributed by atoms with Crippen molar-refractivity contribution < 1.29 is 9.53 Å². The fraction of sp³-hybridized carbons (Fsp3) is 0.300. The van der Waals surface area contributed by atoms with E-state index in [1.54, 1.807) is 13.0 Å². The van der Waals surface area contributed by atoms with Gasteiger partial charge in [0.05, 0.1) is 12.2 Å². The largest absolute Gasteiger partial charge is 0.462 e. The quantitative estimate of drug-likeness (QED) is 0.518. The Morgan fingerprint density at radius 3 is 2.79 bits per heavy atom. The van der Waals surface area contributed by atoms with Gasteiger partial charge in [0.2, 0.25) is 0 Å². The van der Waals surface area contributed by atoms with Crippen LogP contribution in [0.4, 0.5) is 5.69 Å². The topological polar surface area (TPSA) is 52.3 Å². The average molecular weight is 305 g/mol. The van der Waals surface area contributed by atoms with Crippen LogP contribution in [0.15, 0.2) is 12.1 Å². The van der Waals surface area contributed by atoms with Crippen molar-refractivity contribution in [1.29, 1.82) is 0 Å². The van der Waals surface area contributed by atoms with Crippen molar-refractivity contribution >= 4 is 34.2 Å². The predicted molar refractivity (Wildman–Crippen MR) is 64.3 cm³/mol. The third kappa shape index (κ3) is 2.37. The van der Waals surface area contributed by atoms with E-state index < -0.39 is 0 Å². The highest BCUT2D eigenvalue weighted by atomic mass is 127. The van der Waals surface area contributed by atoms with E-state index in [0.717, 1.165) is 9.13 Å². The number of aryl methyl sites for hydroxylation is 1. The summed E-state index contributed by atoms with van der Waals surface area (Å²) in [5.41, 5.74) is 7.64. The molecule has 4 heteroatoms. The van der Waals surface area contributed by atoms with E-state index in [4.69, 9.17) is 10.5 Å². The summed E-state index contributed by atoms with van der Waals surface area (Å²) in [6, 6.07) is 3.67. The van der Waals surface area contributed by atoms with E-state index in [-0.39, 0.29) is 5.97 Å². The van der Waals surface area contributed by atoms with Crippen LogP contribution in [0.3, 0.4) is 0 Å². The second-order valence-electron chi connectivity index (χ2n) is 2.90. The van der Waals surface area contributed by atoms with Gasteiger partial charge in [0.25, 0.3) is 0 Å². The molecule has 0 aromatic heterocycles. The Morgan fingerprint density at radius 1 is 1.57 bits per heavy atom. The Morgan fingerprint density at radius 2 is 2.21 bits per heavy atom. The molecule has 0 atom stereocenters. The Labute approximate surface area is 96.8 Å². The Hall–Kier alpha value is -0.780. The van der Waals surface area contributed by atoms with Crippen LogP contribution in [0.5, 0.6) is 0 Å². The molecule has 1 aromatic rings. The lowest BCUT2D eigenvalue weighted by Crippen LogP contribution is -2.09. The van der Waals surface area contributed by atoms with Gasteiger partial charge in [-0.05, 0) is 54.1 Å². The number of nitrogen functional groups attached to an aromatic ring is 1. The number of rotatable bonds is 2. The summed E-state index contributed by atoms with van der Waals surface area (Å²) in [7, 11) is 0. The van der Waals surface area contributed by atoms with Crippen molar-refractivity contribution in [3.05, 3.63) is 26.8 Å². The molecule has 3 nitrogen and oxygen atoms in total. The minimum atomic E-state index is -0.355. The molecule has 0 aliphatic carbocycles. The van der Waals surface area contributed by atoms with Gasteiger partial charge in [0.15, 0.2) is 0 Å². The number of benzene rings is 1. The summed E-state index contributed by atoms with van der Waals surface area (Å²) in [6.45, 7) is 4.01. The molecule has 0 fully saturated rings. The zero-order valence-corrected chi connectivity index (χ0v) is 10.3. The minimum Gasteiger partial charge on any atom is -0.462 e. The van der Waals surface area contributed by atoms with Crippen LogP contribution in [0.1, 0.15) is 22.8 Å². The highest BCUT2D eigenvalue weighted by molar-refractivity contribution is 14.1. The van der Waals surface area contributed by atoms with Crippen LogP contribution in [0.25, 0.3) is 0 Å². The lowest BCUT2D eigenvalue weighted by molar-refractivity contribution is 0.0527. The van der Waals surface area contributed by atoms with E-state index >= 15 is 0 Å². The number of esters is 1. The molecular formula is C10H12INO2. The lowest BCUT2D eigenvalue weighted by atomic mass is 10.1.